The minimum absolute atomic E-state index is 0.429. The lowest BCUT2D eigenvalue weighted by atomic mass is 9.93. The summed E-state index contributed by atoms with van der Waals surface area (Å²) in [6.45, 7) is 15.3. The van der Waals surface area contributed by atoms with Crippen LogP contribution in [-0.2, 0) is 0 Å². The zero-order valence-electron chi connectivity index (χ0n) is 18.7. The summed E-state index contributed by atoms with van der Waals surface area (Å²) in [7, 11) is 0. The average molecular weight is 385 g/mol. The van der Waals surface area contributed by atoms with E-state index in [1.54, 1.807) is 0 Å². The molecule has 0 saturated heterocycles. The Balaban J connectivity index is 2.04. The summed E-state index contributed by atoms with van der Waals surface area (Å²) in [5, 5.41) is 0. The fourth-order valence-corrected chi connectivity index (χ4v) is 4.04. The maximum Gasteiger partial charge on any atom is 0.0820 e. The predicted molar refractivity (Wildman–Crippen MR) is 126 cm³/mol. The number of aromatic nitrogens is 1. The van der Waals surface area contributed by atoms with Crippen LogP contribution in [0.25, 0.3) is 11.3 Å². The van der Waals surface area contributed by atoms with E-state index in [-0.39, 0.29) is 0 Å². The molecule has 1 heterocycles. The second-order valence-electron chi connectivity index (χ2n) is 8.57. The molecule has 0 N–H and O–H groups in total. The van der Waals surface area contributed by atoms with Crippen LogP contribution in [0.3, 0.4) is 0 Å². The van der Waals surface area contributed by atoms with Gasteiger partial charge in [0.1, 0.15) is 0 Å². The molecule has 0 saturated carbocycles. The van der Waals surface area contributed by atoms with Gasteiger partial charge >= 0.3 is 0 Å². The van der Waals surface area contributed by atoms with Crippen LogP contribution < -0.4 is 0 Å². The van der Waals surface area contributed by atoms with Crippen LogP contribution in [0.4, 0.5) is 5.69 Å². The van der Waals surface area contributed by atoms with Crippen LogP contribution in [0.5, 0.6) is 0 Å². The second-order valence-corrected chi connectivity index (χ2v) is 8.57. The van der Waals surface area contributed by atoms with Crippen molar-refractivity contribution in [1.29, 1.82) is 0 Å². The summed E-state index contributed by atoms with van der Waals surface area (Å²) in [6.07, 6.45) is 1.91. The van der Waals surface area contributed by atoms with Crippen molar-refractivity contribution in [2.24, 2.45) is 4.99 Å². The minimum Gasteiger partial charge on any atom is -0.254 e. The summed E-state index contributed by atoms with van der Waals surface area (Å²) in [5.74, 6) is 0.857. The van der Waals surface area contributed by atoms with E-state index in [2.05, 4.69) is 90.9 Å². The molecule has 0 spiro atoms. The topological polar surface area (TPSA) is 25.2 Å². The van der Waals surface area contributed by atoms with Gasteiger partial charge in [0.25, 0.3) is 0 Å². The lowest BCUT2D eigenvalue weighted by Gasteiger charge is -2.16. The molecule has 1 aromatic heterocycles. The fourth-order valence-electron chi connectivity index (χ4n) is 4.04. The van der Waals surface area contributed by atoms with Crippen LogP contribution in [0.2, 0.25) is 0 Å². The number of hydrogen-bond acceptors (Lipinski definition) is 2. The van der Waals surface area contributed by atoms with Gasteiger partial charge in [-0.3, -0.25) is 4.99 Å². The van der Waals surface area contributed by atoms with E-state index in [0.29, 0.717) is 11.8 Å². The molecule has 2 aromatic carbocycles. The molecule has 2 heteroatoms. The Morgan fingerprint density at radius 2 is 1.34 bits per heavy atom. The molecule has 0 aliphatic carbocycles. The van der Waals surface area contributed by atoms with E-state index in [1.807, 2.05) is 12.3 Å². The van der Waals surface area contributed by atoms with Crippen molar-refractivity contribution >= 4 is 11.9 Å². The lowest BCUT2D eigenvalue weighted by Crippen LogP contribution is -1.97. The molecule has 0 amide bonds. The van der Waals surface area contributed by atoms with Crippen LogP contribution in [0.1, 0.15) is 73.0 Å². The molecule has 0 aliphatic heterocycles. The van der Waals surface area contributed by atoms with Crippen LogP contribution in [0, 0.1) is 20.8 Å². The number of aryl methyl sites for hydroxylation is 3. The molecule has 3 rings (SSSR count). The monoisotopic (exact) mass is 384 g/mol. The molecular formula is C27H32N2. The highest BCUT2D eigenvalue weighted by molar-refractivity contribution is 5.82. The van der Waals surface area contributed by atoms with E-state index >= 15 is 0 Å². The maximum absolute atomic E-state index is 4.93. The van der Waals surface area contributed by atoms with E-state index in [1.165, 1.54) is 33.4 Å². The van der Waals surface area contributed by atoms with Gasteiger partial charge in [-0.15, -0.1) is 0 Å². The van der Waals surface area contributed by atoms with E-state index in [4.69, 9.17) is 9.98 Å². The smallest absolute Gasteiger partial charge is 0.0820 e. The van der Waals surface area contributed by atoms with E-state index in [0.717, 1.165) is 17.1 Å². The molecule has 29 heavy (non-hydrogen) atoms. The van der Waals surface area contributed by atoms with Gasteiger partial charge < -0.3 is 0 Å². The predicted octanol–water partition coefficient (Wildman–Crippen LogP) is 7.67. The molecule has 3 aromatic rings. The summed E-state index contributed by atoms with van der Waals surface area (Å²) in [6, 6.07) is 17.1. The zero-order chi connectivity index (χ0) is 21.1. The zero-order valence-corrected chi connectivity index (χ0v) is 18.7. The number of nitrogens with zero attached hydrogens (tertiary/aromatic N) is 2. The summed E-state index contributed by atoms with van der Waals surface area (Å²) in [5.41, 5.74) is 10.6. The van der Waals surface area contributed by atoms with Gasteiger partial charge in [-0.2, -0.15) is 0 Å². The van der Waals surface area contributed by atoms with Crippen LogP contribution >= 0.6 is 0 Å². The Labute approximate surface area is 175 Å². The Hall–Kier alpha value is -2.74. The van der Waals surface area contributed by atoms with Gasteiger partial charge in [0.05, 0.1) is 23.3 Å². The van der Waals surface area contributed by atoms with Crippen molar-refractivity contribution in [1.82, 2.24) is 4.98 Å². The third-order valence-corrected chi connectivity index (χ3v) is 5.37. The van der Waals surface area contributed by atoms with Gasteiger partial charge in [0, 0.05) is 5.56 Å². The Morgan fingerprint density at radius 3 is 1.90 bits per heavy atom. The van der Waals surface area contributed by atoms with Crippen LogP contribution in [0.15, 0.2) is 53.5 Å². The van der Waals surface area contributed by atoms with Gasteiger partial charge in [-0.25, -0.2) is 4.98 Å². The molecule has 150 valence electrons. The van der Waals surface area contributed by atoms with Crippen molar-refractivity contribution in [2.45, 2.75) is 60.3 Å². The standard InChI is InChI=1S/C27H32N2/c1-17(2)23-11-9-12-24(18(3)4)27(23)28-16-22-10-8-13-25(29-22)26-20(6)14-19(5)15-21(26)7/h8-18H,1-7H3. The quantitative estimate of drug-likeness (QED) is 0.414. The Kier molecular flexibility index (Phi) is 6.32. The molecule has 0 atom stereocenters. The van der Waals surface area contributed by atoms with Gasteiger partial charge in [0.15, 0.2) is 0 Å². The SMILES string of the molecule is Cc1cc(C)c(-c2cccc(C=Nc3c(C(C)C)cccc3C(C)C)n2)c(C)c1. The van der Waals surface area contributed by atoms with Crippen molar-refractivity contribution < 1.29 is 0 Å². The number of hydrogen-bond donors (Lipinski definition) is 0. The van der Waals surface area contributed by atoms with Gasteiger partial charge in [-0.1, -0.05) is 69.7 Å². The summed E-state index contributed by atoms with van der Waals surface area (Å²) < 4.78 is 0. The van der Waals surface area contributed by atoms with E-state index < -0.39 is 0 Å². The van der Waals surface area contributed by atoms with Crippen molar-refractivity contribution in [3.63, 3.8) is 0 Å². The van der Waals surface area contributed by atoms with E-state index in [9.17, 15) is 0 Å². The largest absolute Gasteiger partial charge is 0.254 e. The molecule has 0 bridgehead atoms. The summed E-state index contributed by atoms with van der Waals surface area (Å²) in [4.78, 5) is 9.83. The molecule has 2 nitrogen and oxygen atoms in total. The highest BCUT2D eigenvalue weighted by Gasteiger charge is 2.13. The molecule has 0 radical (unpaired) electrons. The molecule has 0 fully saturated rings. The lowest BCUT2D eigenvalue weighted by molar-refractivity contribution is 0.835. The van der Waals surface area contributed by atoms with Gasteiger partial charge in [-0.05, 0) is 67.0 Å². The first kappa shape index (κ1) is 21.0. The van der Waals surface area contributed by atoms with Crippen molar-refractivity contribution in [3.8, 4) is 11.3 Å². The minimum atomic E-state index is 0.429. The first-order valence-corrected chi connectivity index (χ1v) is 10.5. The molecular weight excluding hydrogens is 352 g/mol. The number of para-hydroxylation sites is 1. The molecule has 0 aliphatic rings. The maximum atomic E-state index is 4.93. The molecule has 0 unspecified atom stereocenters. The third-order valence-electron chi connectivity index (χ3n) is 5.37. The van der Waals surface area contributed by atoms with Gasteiger partial charge in [0.2, 0.25) is 0 Å². The first-order valence-electron chi connectivity index (χ1n) is 10.5. The Bertz CT molecular complexity index is 993. The second kappa shape index (κ2) is 8.73. The fraction of sp³-hybridized carbons (Fsp3) is 0.333. The number of rotatable bonds is 5. The summed E-state index contributed by atoms with van der Waals surface area (Å²) >= 11 is 0. The van der Waals surface area contributed by atoms with Crippen molar-refractivity contribution in [2.75, 3.05) is 0 Å². The normalized spacial score (nSPS) is 11.8. The van der Waals surface area contributed by atoms with Crippen LogP contribution in [-0.4, -0.2) is 11.2 Å². The highest BCUT2D eigenvalue weighted by atomic mass is 14.8. The number of pyridine rings is 1. The first-order chi connectivity index (χ1) is 13.8. The number of benzene rings is 2. The average Bonchev–Trinajstić information content (AvgIpc) is 2.65. The third kappa shape index (κ3) is 4.64. The highest BCUT2D eigenvalue weighted by Crippen LogP contribution is 2.34. The van der Waals surface area contributed by atoms with Crippen molar-refractivity contribution in [3.05, 3.63) is 82.0 Å². The Morgan fingerprint density at radius 1 is 0.793 bits per heavy atom. The number of aliphatic imine (C=N–C) groups is 1.